The van der Waals surface area contributed by atoms with E-state index in [1.165, 1.54) is 26.4 Å². The highest BCUT2D eigenvalue weighted by Crippen LogP contribution is 2.35. The fourth-order valence-corrected chi connectivity index (χ4v) is 2.70. The molecule has 1 atom stereocenters. The van der Waals surface area contributed by atoms with Crippen LogP contribution in [0.25, 0.3) is 0 Å². The molecule has 2 nitrogen and oxygen atoms in total. The standard InChI is InChI=1S/C19H34O2/c1-5-8-10-11-12-14-17-19(15-7-3,18(20)21-4)16-13-9-6-2/h7,12,14H,3,5-6,8-11,13,15-17H2,1-2,4H3/b14-12-. The lowest BCUT2D eigenvalue weighted by Crippen LogP contribution is -2.31. The molecule has 0 radical (unpaired) electrons. The maximum Gasteiger partial charge on any atom is 0.312 e. The Morgan fingerprint density at radius 3 is 2.29 bits per heavy atom. The number of unbranched alkanes of at least 4 members (excludes halogenated alkanes) is 5. The molecule has 1 unspecified atom stereocenters. The molecule has 0 aliphatic rings. The van der Waals surface area contributed by atoms with Crippen LogP contribution in [0.1, 0.15) is 78.1 Å². The molecule has 0 aromatic heterocycles. The summed E-state index contributed by atoms with van der Waals surface area (Å²) in [6, 6.07) is 0. The van der Waals surface area contributed by atoms with Crippen LogP contribution in [0.2, 0.25) is 0 Å². The monoisotopic (exact) mass is 294 g/mol. The van der Waals surface area contributed by atoms with E-state index in [1.807, 2.05) is 6.08 Å². The van der Waals surface area contributed by atoms with Gasteiger partial charge in [-0.2, -0.15) is 0 Å². The quantitative estimate of drug-likeness (QED) is 0.243. The van der Waals surface area contributed by atoms with Gasteiger partial charge in [0, 0.05) is 0 Å². The molecule has 0 saturated heterocycles. The van der Waals surface area contributed by atoms with Gasteiger partial charge in [0.25, 0.3) is 0 Å². The lowest BCUT2D eigenvalue weighted by Gasteiger charge is -2.29. The number of rotatable bonds is 13. The molecule has 0 heterocycles. The van der Waals surface area contributed by atoms with Crippen molar-refractivity contribution in [2.45, 2.75) is 78.1 Å². The molecule has 0 fully saturated rings. The normalized spacial score (nSPS) is 14.0. The number of methoxy groups -OCH3 is 1. The minimum absolute atomic E-state index is 0.0864. The van der Waals surface area contributed by atoms with E-state index in [1.54, 1.807) is 0 Å². The summed E-state index contributed by atoms with van der Waals surface area (Å²) in [5.41, 5.74) is -0.410. The number of ether oxygens (including phenoxy) is 1. The molecule has 122 valence electrons. The number of esters is 1. The second kappa shape index (κ2) is 12.7. The van der Waals surface area contributed by atoms with Gasteiger partial charge in [-0.3, -0.25) is 4.79 Å². The number of carbonyl (C=O) groups excluding carboxylic acids is 1. The van der Waals surface area contributed by atoms with Crippen molar-refractivity contribution in [3.63, 3.8) is 0 Å². The predicted molar refractivity (Wildman–Crippen MR) is 91.3 cm³/mol. The smallest absolute Gasteiger partial charge is 0.312 e. The van der Waals surface area contributed by atoms with Crippen molar-refractivity contribution in [2.24, 2.45) is 5.41 Å². The van der Waals surface area contributed by atoms with Crippen LogP contribution in [-0.4, -0.2) is 13.1 Å². The molecule has 2 heteroatoms. The van der Waals surface area contributed by atoms with E-state index in [4.69, 9.17) is 4.74 Å². The molecule has 0 N–H and O–H groups in total. The van der Waals surface area contributed by atoms with E-state index in [-0.39, 0.29) is 5.97 Å². The van der Waals surface area contributed by atoms with Gasteiger partial charge in [-0.25, -0.2) is 0 Å². The van der Waals surface area contributed by atoms with E-state index in [0.29, 0.717) is 6.42 Å². The second-order valence-electron chi connectivity index (χ2n) is 5.89. The van der Waals surface area contributed by atoms with Crippen molar-refractivity contribution in [3.05, 3.63) is 24.8 Å². The first-order valence-corrected chi connectivity index (χ1v) is 8.51. The predicted octanol–water partition coefficient (Wildman–Crippen LogP) is 5.83. The summed E-state index contributed by atoms with van der Waals surface area (Å²) in [6.07, 6.45) is 16.8. The van der Waals surface area contributed by atoms with Crippen molar-refractivity contribution >= 4 is 5.97 Å². The highest BCUT2D eigenvalue weighted by molar-refractivity contribution is 5.77. The number of hydrogen-bond acceptors (Lipinski definition) is 2. The van der Waals surface area contributed by atoms with Gasteiger partial charge in [0.15, 0.2) is 0 Å². The largest absolute Gasteiger partial charge is 0.469 e. The molecule has 0 aliphatic carbocycles. The van der Waals surface area contributed by atoms with Crippen molar-refractivity contribution in [1.29, 1.82) is 0 Å². The van der Waals surface area contributed by atoms with Gasteiger partial charge in [0.1, 0.15) is 0 Å². The van der Waals surface area contributed by atoms with Gasteiger partial charge >= 0.3 is 5.97 Å². The van der Waals surface area contributed by atoms with Crippen molar-refractivity contribution in [2.75, 3.05) is 7.11 Å². The third-order valence-electron chi connectivity index (χ3n) is 4.06. The van der Waals surface area contributed by atoms with Crippen LogP contribution >= 0.6 is 0 Å². The van der Waals surface area contributed by atoms with Crippen LogP contribution in [0.3, 0.4) is 0 Å². The summed E-state index contributed by atoms with van der Waals surface area (Å²) in [5, 5.41) is 0. The zero-order chi connectivity index (χ0) is 16.0. The molecule has 0 aromatic rings. The van der Waals surface area contributed by atoms with E-state index in [0.717, 1.165) is 38.5 Å². The first kappa shape index (κ1) is 19.9. The van der Waals surface area contributed by atoms with Gasteiger partial charge in [-0.15, -0.1) is 6.58 Å². The molecule has 0 saturated carbocycles. The Labute approximate surface area is 131 Å². The molecule has 0 aromatic carbocycles. The van der Waals surface area contributed by atoms with Crippen LogP contribution in [0.5, 0.6) is 0 Å². The van der Waals surface area contributed by atoms with Crippen molar-refractivity contribution in [1.82, 2.24) is 0 Å². The Balaban J connectivity index is 4.66. The van der Waals surface area contributed by atoms with Gasteiger partial charge < -0.3 is 4.74 Å². The highest BCUT2D eigenvalue weighted by Gasteiger charge is 2.36. The van der Waals surface area contributed by atoms with Crippen LogP contribution in [0, 0.1) is 5.41 Å². The fraction of sp³-hybridized carbons (Fsp3) is 0.737. The molecule has 0 bridgehead atoms. The maximum absolute atomic E-state index is 12.3. The van der Waals surface area contributed by atoms with E-state index < -0.39 is 5.41 Å². The van der Waals surface area contributed by atoms with Gasteiger partial charge in [-0.05, 0) is 32.1 Å². The molecular weight excluding hydrogens is 260 g/mol. The molecule has 0 amide bonds. The topological polar surface area (TPSA) is 26.3 Å². The molecular formula is C19H34O2. The van der Waals surface area contributed by atoms with E-state index in [9.17, 15) is 4.79 Å². The Bertz CT molecular complexity index is 307. The van der Waals surface area contributed by atoms with Crippen LogP contribution < -0.4 is 0 Å². The Hall–Kier alpha value is -1.05. The minimum Gasteiger partial charge on any atom is -0.469 e. The zero-order valence-electron chi connectivity index (χ0n) is 14.3. The number of allylic oxidation sites excluding steroid dienone is 3. The molecule has 21 heavy (non-hydrogen) atoms. The third kappa shape index (κ3) is 8.08. The van der Waals surface area contributed by atoms with E-state index >= 15 is 0 Å². The Kier molecular flexibility index (Phi) is 12.0. The van der Waals surface area contributed by atoms with Crippen LogP contribution in [0.15, 0.2) is 24.8 Å². The third-order valence-corrected chi connectivity index (χ3v) is 4.06. The summed E-state index contributed by atoms with van der Waals surface area (Å²) in [7, 11) is 1.49. The summed E-state index contributed by atoms with van der Waals surface area (Å²) >= 11 is 0. The lowest BCUT2D eigenvalue weighted by molar-refractivity contribution is -0.153. The summed E-state index contributed by atoms with van der Waals surface area (Å²) in [5.74, 6) is -0.0864. The highest BCUT2D eigenvalue weighted by atomic mass is 16.5. The van der Waals surface area contributed by atoms with Crippen LogP contribution in [-0.2, 0) is 9.53 Å². The van der Waals surface area contributed by atoms with Gasteiger partial charge in [0.2, 0.25) is 0 Å². The van der Waals surface area contributed by atoms with Gasteiger partial charge in [0.05, 0.1) is 12.5 Å². The SMILES string of the molecule is C=CCC(C/C=C\CCCCC)(CCCCC)C(=O)OC. The molecule has 0 spiro atoms. The van der Waals surface area contributed by atoms with E-state index in [2.05, 4.69) is 32.6 Å². The van der Waals surface area contributed by atoms with Crippen LogP contribution in [0.4, 0.5) is 0 Å². The average molecular weight is 294 g/mol. The number of carbonyl (C=O) groups is 1. The first-order chi connectivity index (χ1) is 10.2. The molecule has 0 rings (SSSR count). The molecule has 0 aliphatic heterocycles. The minimum atomic E-state index is -0.410. The maximum atomic E-state index is 12.3. The Morgan fingerprint density at radius 2 is 1.71 bits per heavy atom. The number of hydrogen-bond donors (Lipinski definition) is 0. The Morgan fingerprint density at radius 1 is 1.05 bits per heavy atom. The van der Waals surface area contributed by atoms with Crippen molar-refractivity contribution < 1.29 is 9.53 Å². The first-order valence-electron chi connectivity index (χ1n) is 8.51. The van der Waals surface area contributed by atoms with Crippen molar-refractivity contribution in [3.8, 4) is 0 Å². The lowest BCUT2D eigenvalue weighted by atomic mass is 9.76. The fourth-order valence-electron chi connectivity index (χ4n) is 2.70. The second-order valence-corrected chi connectivity index (χ2v) is 5.89. The summed E-state index contributed by atoms with van der Waals surface area (Å²) in [6.45, 7) is 8.22. The zero-order valence-corrected chi connectivity index (χ0v) is 14.3. The summed E-state index contributed by atoms with van der Waals surface area (Å²) < 4.78 is 5.07. The summed E-state index contributed by atoms with van der Waals surface area (Å²) in [4.78, 5) is 12.3. The van der Waals surface area contributed by atoms with Gasteiger partial charge in [-0.1, -0.05) is 64.2 Å². The average Bonchev–Trinajstić information content (AvgIpc) is 2.50.